The Morgan fingerprint density at radius 3 is 2.81 bits per heavy atom. The van der Waals surface area contributed by atoms with E-state index in [1.807, 2.05) is 6.33 Å². The average molecular weight is 213 g/mol. The number of aromatic nitrogens is 3. The summed E-state index contributed by atoms with van der Waals surface area (Å²) in [5, 5.41) is 8.23. The van der Waals surface area contributed by atoms with Gasteiger partial charge in [0.05, 0.1) is 0 Å². The number of aryl methyl sites for hydroxylation is 1. The molecule has 1 heterocycles. The summed E-state index contributed by atoms with van der Waals surface area (Å²) >= 11 is 0. The van der Waals surface area contributed by atoms with Gasteiger partial charge in [0, 0.05) is 12.5 Å². The predicted octanol–water partition coefficient (Wildman–Crippen LogP) is 2.57. The monoisotopic (exact) mass is 213 g/mol. The van der Waals surface area contributed by atoms with E-state index in [4.69, 9.17) is 0 Å². The fourth-order valence-corrected chi connectivity index (χ4v) is 2.34. The van der Waals surface area contributed by atoms with Gasteiger partial charge in [-0.2, -0.15) is 0 Å². The molecule has 0 spiro atoms. The third-order valence-electron chi connectivity index (χ3n) is 3.34. The van der Waals surface area contributed by atoms with Crippen LogP contribution in [0.15, 0.2) is 36.7 Å². The summed E-state index contributed by atoms with van der Waals surface area (Å²) in [5.74, 6) is 2.37. The van der Waals surface area contributed by atoms with Gasteiger partial charge in [-0.05, 0) is 24.8 Å². The van der Waals surface area contributed by atoms with Crippen molar-refractivity contribution in [3.05, 3.63) is 48.0 Å². The molecule has 1 saturated carbocycles. The van der Waals surface area contributed by atoms with Crippen molar-refractivity contribution in [2.45, 2.75) is 31.7 Å². The van der Waals surface area contributed by atoms with Crippen LogP contribution in [-0.4, -0.2) is 14.8 Å². The summed E-state index contributed by atoms with van der Waals surface area (Å²) in [7, 11) is 0. The molecule has 1 aromatic heterocycles. The van der Waals surface area contributed by atoms with E-state index in [-0.39, 0.29) is 0 Å². The molecule has 3 rings (SSSR count). The zero-order valence-electron chi connectivity index (χ0n) is 9.37. The molecule has 82 valence electrons. The van der Waals surface area contributed by atoms with E-state index in [0.717, 1.165) is 12.4 Å². The molecule has 1 aliphatic rings. The van der Waals surface area contributed by atoms with Gasteiger partial charge in [0.2, 0.25) is 0 Å². The largest absolute Gasteiger partial charge is 0.318 e. The summed E-state index contributed by atoms with van der Waals surface area (Å²) in [5.41, 5.74) is 1.43. The first-order chi connectivity index (χ1) is 7.90. The minimum Gasteiger partial charge on any atom is -0.318 e. The van der Waals surface area contributed by atoms with Gasteiger partial charge < -0.3 is 4.57 Å². The molecule has 0 aliphatic heterocycles. The van der Waals surface area contributed by atoms with Gasteiger partial charge in [-0.15, -0.1) is 10.2 Å². The molecule has 1 fully saturated rings. The topological polar surface area (TPSA) is 30.7 Å². The zero-order chi connectivity index (χ0) is 11.0. The quantitative estimate of drug-likeness (QED) is 0.784. The highest BCUT2D eigenvalue weighted by Gasteiger charge is 2.42. The fraction of sp³-hybridized carbons (Fsp3) is 0.385. The van der Waals surface area contributed by atoms with E-state index in [2.05, 4.69) is 52.0 Å². The Morgan fingerprint density at radius 2 is 2.06 bits per heavy atom. The number of hydrogen-bond donors (Lipinski definition) is 0. The maximum absolute atomic E-state index is 4.24. The van der Waals surface area contributed by atoms with Crippen molar-refractivity contribution in [3.8, 4) is 0 Å². The smallest absolute Gasteiger partial charge is 0.136 e. The Hall–Kier alpha value is -1.64. The van der Waals surface area contributed by atoms with Crippen LogP contribution in [0.2, 0.25) is 0 Å². The van der Waals surface area contributed by atoms with E-state index < -0.39 is 0 Å². The molecule has 0 saturated heterocycles. The van der Waals surface area contributed by atoms with Crippen molar-refractivity contribution in [1.82, 2.24) is 14.8 Å². The van der Waals surface area contributed by atoms with Crippen LogP contribution in [0.4, 0.5) is 0 Å². The van der Waals surface area contributed by atoms with Gasteiger partial charge in [-0.1, -0.05) is 30.3 Å². The molecule has 16 heavy (non-hydrogen) atoms. The standard InChI is InChI=1S/C13H15N3/c1-2-16-9-14-15-13(16)12-8-11(12)10-6-4-3-5-7-10/h3-7,9,11-12H,2,8H2,1H3. The maximum Gasteiger partial charge on any atom is 0.136 e. The number of hydrogen-bond acceptors (Lipinski definition) is 2. The van der Waals surface area contributed by atoms with Crippen molar-refractivity contribution < 1.29 is 0 Å². The van der Waals surface area contributed by atoms with Crippen molar-refractivity contribution in [3.63, 3.8) is 0 Å². The van der Waals surface area contributed by atoms with E-state index in [1.165, 1.54) is 12.0 Å². The first kappa shape index (κ1) is 9.58. The first-order valence-electron chi connectivity index (χ1n) is 5.82. The minimum atomic E-state index is 0.574. The highest BCUT2D eigenvalue weighted by molar-refractivity contribution is 5.31. The van der Waals surface area contributed by atoms with Crippen LogP contribution in [0.3, 0.4) is 0 Å². The third-order valence-corrected chi connectivity index (χ3v) is 3.34. The molecule has 0 bridgehead atoms. The highest BCUT2D eigenvalue weighted by atomic mass is 15.3. The SMILES string of the molecule is CCn1cnnc1C1CC1c1ccccc1. The predicted molar refractivity (Wildman–Crippen MR) is 62.2 cm³/mol. The summed E-state index contributed by atoms with van der Waals surface area (Å²) in [6, 6.07) is 10.7. The van der Waals surface area contributed by atoms with Crippen molar-refractivity contribution in [2.24, 2.45) is 0 Å². The van der Waals surface area contributed by atoms with E-state index in [9.17, 15) is 0 Å². The first-order valence-corrected chi connectivity index (χ1v) is 5.82. The maximum atomic E-state index is 4.24. The Kier molecular flexibility index (Phi) is 2.24. The van der Waals surface area contributed by atoms with Gasteiger partial charge in [0.25, 0.3) is 0 Å². The number of rotatable bonds is 3. The van der Waals surface area contributed by atoms with Crippen LogP contribution in [0, 0.1) is 0 Å². The molecule has 1 aliphatic carbocycles. The lowest BCUT2D eigenvalue weighted by Gasteiger charge is -2.02. The Labute approximate surface area is 95.1 Å². The second-order valence-electron chi connectivity index (χ2n) is 4.33. The molecule has 0 radical (unpaired) electrons. The van der Waals surface area contributed by atoms with Gasteiger partial charge in [-0.3, -0.25) is 0 Å². The van der Waals surface area contributed by atoms with Gasteiger partial charge in [-0.25, -0.2) is 0 Å². The van der Waals surface area contributed by atoms with Crippen LogP contribution < -0.4 is 0 Å². The molecule has 0 amide bonds. The average Bonchev–Trinajstić information content (AvgIpc) is 3.00. The Bertz CT molecular complexity index is 475. The molecule has 3 heteroatoms. The van der Waals surface area contributed by atoms with Crippen molar-refractivity contribution in [1.29, 1.82) is 0 Å². The molecule has 1 aromatic carbocycles. The van der Waals surface area contributed by atoms with Crippen LogP contribution in [0.1, 0.15) is 36.6 Å². The van der Waals surface area contributed by atoms with Crippen molar-refractivity contribution >= 4 is 0 Å². The lowest BCUT2D eigenvalue weighted by Crippen LogP contribution is -1.99. The molecular formula is C13H15N3. The molecule has 2 aromatic rings. The Morgan fingerprint density at radius 1 is 1.25 bits per heavy atom. The second kappa shape index (κ2) is 3.74. The number of benzene rings is 1. The van der Waals surface area contributed by atoms with Gasteiger partial charge in [0.15, 0.2) is 0 Å². The zero-order valence-corrected chi connectivity index (χ0v) is 9.37. The highest BCUT2D eigenvalue weighted by Crippen LogP contribution is 2.53. The van der Waals surface area contributed by atoms with Gasteiger partial charge >= 0.3 is 0 Å². The van der Waals surface area contributed by atoms with Crippen LogP contribution in [0.25, 0.3) is 0 Å². The fourth-order valence-electron chi connectivity index (χ4n) is 2.34. The molecule has 3 nitrogen and oxygen atoms in total. The molecule has 2 atom stereocenters. The molecule has 0 N–H and O–H groups in total. The second-order valence-corrected chi connectivity index (χ2v) is 4.33. The van der Waals surface area contributed by atoms with Crippen LogP contribution in [-0.2, 0) is 6.54 Å². The summed E-state index contributed by atoms with van der Waals surface area (Å²) in [6.45, 7) is 3.09. The van der Waals surface area contributed by atoms with E-state index >= 15 is 0 Å². The minimum absolute atomic E-state index is 0.574. The molecule has 2 unspecified atom stereocenters. The molecular weight excluding hydrogens is 198 g/mol. The van der Waals surface area contributed by atoms with Crippen molar-refractivity contribution in [2.75, 3.05) is 0 Å². The van der Waals surface area contributed by atoms with Crippen LogP contribution >= 0.6 is 0 Å². The van der Waals surface area contributed by atoms with E-state index in [0.29, 0.717) is 11.8 Å². The lowest BCUT2D eigenvalue weighted by atomic mass is 10.1. The Balaban J connectivity index is 1.82. The van der Waals surface area contributed by atoms with Crippen LogP contribution in [0.5, 0.6) is 0 Å². The third kappa shape index (κ3) is 1.52. The van der Waals surface area contributed by atoms with E-state index in [1.54, 1.807) is 0 Å². The summed E-state index contributed by atoms with van der Waals surface area (Å²) in [6.07, 6.45) is 3.04. The number of nitrogens with zero attached hydrogens (tertiary/aromatic N) is 3. The normalized spacial score (nSPS) is 23.3. The van der Waals surface area contributed by atoms with Gasteiger partial charge in [0.1, 0.15) is 12.2 Å². The summed E-state index contributed by atoms with van der Waals surface area (Å²) in [4.78, 5) is 0. The summed E-state index contributed by atoms with van der Waals surface area (Å²) < 4.78 is 2.15. The lowest BCUT2D eigenvalue weighted by molar-refractivity contribution is 0.694.